The molecule has 4 nitrogen and oxygen atoms in total. The average Bonchev–Trinajstić information content (AvgIpc) is 2.19. The Balaban J connectivity index is 2.24. The summed E-state index contributed by atoms with van der Waals surface area (Å²) in [6.07, 6.45) is 4.45. The van der Waals surface area contributed by atoms with Crippen LogP contribution in [0.1, 0.15) is 5.56 Å². The topological polar surface area (TPSA) is 63.0 Å². The minimum absolute atomic E-state index is 0.467. The van der Waals surface area contributed by atoms with Crippen molar-refractivity contribution in [2.45, 2.75) is 6.42 Å². The fraction of sp³-hybridized carbons (Fsp3) is 0.250. The molecule has 0 aromatic carbocycles. The van der Waals surface area contributed by atoms with Crippen LogP contribution < -0.4 is 16.6 Å². The Labute approximate surface area is 82.5 Å². The van der Waals surface area contributed by atoms with Crippen LogP contribution in [0.3, 0.4) is 0 Å². The molecule has 0 saturated heterocycles. The lowest BCUT2D eigenvalue weighted by molar-refractivity contribution is 0.835. The lowest BCUT2D eigenvalue weighted by Crippen LogP contribution is -2.40. The lowest BCUT2D eigenvalue weighted by atomic mass is 10.2. The Kier molecular flexibility index (Phi) is 4.14. The van der Waals surface area contributed by atoms with Crippen LogP contribution in [0, 0.1) is 0 Å². The van der Waals surface area contributed by atoms with Gasteiger partial charge < -0.3 is 10.7 Å². The summed E-state index contributed by atoms with van der Waals surface area (Å²) in [5, 5.41) is 3.42. The highest BCUT2D eigenvalue weighted by Crippen LogP contribution is 1.95. The Hall–Kier alpha value is -1.20. The van der Waals surface area contributed by atoms with E-state index in [0.717, 1.165) is 13.0 Å². The van der Waals surface area contributed by atoms with Gasteiger partial charge in [-0.3, -0.25) is 4.98 Å². The second kappa shape index (κ2) is 5.45. The van der Waals surface area contributed by atoms with Gasteiger partial charge >= 0.3 is 0 Å². The maximum atomic E-state index is 5.09. The van der Waals surface area contributed by atoms with Crippen LogP contribution in [0.5, 0.6) is 0 Å². The van der Waals surface area contributed by atoms with E-state index in [1.807, 2.05) is 12.1 Å². The number of nitrogens with zero attached hydrogens (tertiary/aromatic N) is 1. The van der Waals surface area contributed by atoms with Crippen molar-refractivity contribution in [3.8, 4) is 0 Å². The van der Waals surface area contributed by atoms with E-state index in [1.165, 1.54) is 5.56 Å². The predicted octanol–water partition coefficient (Wildman–Crippen LogP) is -0.0381. The van der Waals surface area contributed by atoms with Gasteiger partial charge in [-0.05, 0) is 36.3 Å². The molecule has 0 unspecified atom stereocenters. The average molecular weight is 196 g/mol. The number of rotatable bonds is 3. The molecule has 13 heavy (non-hydrogen) atoms. The van der Waals surface area contributed by atoms with Gasteiger partial charge in [-0.15, -0.1) is 0 Å². The van der Waals surface area contributed by atoms with Gasteiger partial charge in [0.1, 0.15) is 0 Å². The Morgan fingerprint density at radius 1 is 1.46 bits per heavy atom. The molecule has 0 aliphatic heterocycles. The first-order valence-corrected chi connectivity index (χ1v) is 4.37. The first kappa shape index (κ1) is 9.88. The molecule has 0 atom stereocenters. The van der Waals surface area contributed by atoms with Gasteiger partial charge in [0.05, 0.1) is 0 Å². The van der Waals surface area contributed by atoms with E-state index in [1.54, 1.807) is 12.4 Å². The largest absolute Gasteiger partial charge is 0.361 e. The first-order valence-electron chi connectivity index (χ1n) is 3.96. The Bertz CT molecular complexity index is 262. The lowest BCUT2D eigenvalue weighted by Gasteiger charge is -2.05. The summed E-state index contributed by atoms with van der Waals surface area (Å²) >= 11 is 4.81. The Morgan fingerprint density at radius 2 is 2.15 bits per heavy atom. The van der Waals surface area contributed by atoms with Crippen LogP contribution >= 0.6 is 12.2 Å². The van der Waals surface area contributed by atoms with Crippen molar-refractivity contribution in [2.24, 2.45) is 5.84 Å². The van der Waals surface area contributed by atoms with Crippen molar-refractivity contribution < 1.29 is 0 Å². The summed E-state index contributed by atoms with van der Waals surface area (Å²) in [4.78, 5) is 3.93. The summed E-state index contributed by atoms with van der Waals surface area (Å²) in [6.45, 7) is 0.771. The zero-order chi connectivity index (χ0) is 9.52. The van der Waals surface area contributed by atoms with Crippen LogP contribution in [0.15, 0.2) is 24.5 Å². The number of hydrazine groups is 1. The molecule has 0 spiro atoms. The smallest absolute Gasteiger partial charge is 0.180 e. The van der Waals surface area contributed by atoms with Crippen molar-refractivity contribution in [2.75, 3.05) is 6.54 Å². The number of hydrogen-bond donors (Lipinski definition) is 3. The molecule has 0 aliphatic rings. The number of aromatic nitrogens is 1. The highest BCUT2D eigenvalue weighted by molar-refractivity contribution is 7.80. The summed E-state index contributed by atoms with van der Waals surface area (Å²) in [7, 11) is 0. The van der Waals surface area contributed by atoms with Gasteiger partial charge in [0.15, 0.2) is 5.11 Å². The molecular weight excluding hydrogens is 184 g/mol. The monoisotopic (exact) mass is 196 g/mol. The standard InChI is InChI=1S/C8H12N4S/c9-12-8(13)11-6-3-7-1-4-10-5-2-7/h1-2,4-5H,3,6,9H2,(H2,11,12,13). The minimum Gasteiger partial charge on any atom is -0.361 e. The summed E-state index contributed by atoms with van der Waals surface area (Å²) in [5.74, 6) is 5.09. The minimum atomic E-state index is 0.467. The van der Waals surface area contributed by atoms with Crippen LogP contribution in [0.25, 0.3) is 0 Å². The van der Waals surface area contributed by atoms with E-state index in [4.69, 9.17) is 18.1 Å². The quantitative estimate of drug-likeness (QED) is 0.360. The Morgan fingerprint density at radius 3 is 2.77 bits per heavy atom. The van der Waals surface area contributed by atoms with Crippen molar-refractivity contribution in [3.05, 3.63) is 30.1 Å². The van der Waals surface area contributed by atoms with E-state index in [9.17, 15) is 0 Å². The molecule has 1 heterocycles. The molecule has 0 aliphatic carbocycles. The summed E-state index contributed by atoms with van der Waals surface area (Å²) in [5.41, 5.74) is 3.58. The fourth-order valence-electron chi connectivity index (χ4n) is 0.921. The molecule has 1 aromatic rings. The molecule has 4 N–H and O–H groups in total. The van der Waals surface area contributed by atoms with Crippen LogP contribution in [-0.2, 0) is 6.42 Å². The zero-order valence-corrected chi connectivity index (χ0v) is 7.97. The highest BCUT2D eigenvalue weighted by atomic mass is 32.1. The van der Waals surface area contributed by atoms with E-state index in [2.05, 4.69) is 15.7 Å². The van der Waals surface area contributed by atoms with Gasteiger partial charge in [-0.25, -0.2) is 5.84 Å². The van der Waals surface area contributed by atoms with Crippen molar-refractivity contribution in [3.63, 3.8) is 0 Å². The van der Waals surface area contributed by atoms with Gasteiger partial charge in [-0.1, -0.05) is 0 Å². The normalized spacial score (nSPS) is 9.31. The van der Waals surface area contributed by atoms with Gasteiger partial charge in [0, 0.05) is 18.9 Å². The van der Waals surface area contributed by atoms with Crippen molar-refractivity contribution in [1.82, 2.24) is 15.7 Å². The third kappa shape index (κ3) is 3.82. The van der Waals surface area contributed by atoms with Crippen molar-refractivity contribution in [1.29, 1.82) is 0 Å². The van der Waals surface area contributed by atoms with Gasteiger partial charge in [0.25, 0.3) is 0 Å². The molecule has 70 valence electrons. The van der Waals surface area contributed by atoms with Gasteiger partial charge in [0.2, 0.25) is 0 Å². The third-order valence-electron chi connectivity index (χ3n) is 1.58. The third-order valence-corrected chi connectivity index (χ3v) is 1.84. The van der Waals surface area contributed by atoms with Crippen LogP contribution in [0.4, 0.5) is 0 Å². The molecule has 0 radical (unpaired) electrons. The van der Waals surface area contributed by atoms with Crippen LogP contribution in [0.2, 0.25) is 0 Å². The van der Waals surface area contributed by atoms with Gasteiger partial charge in [-0.2, -0.15) is 0 Å². The molecule has 5 heteroatoms. The molecule has 0 bridgehead atoms. The summed E-state index contributed by atoms with van der Waals surface area (Å²) < 4.78 is 0. The second-order valence-corrected chi connectivity index (χ2v) is 2.91. The van der Waals surface area contributed by atoms with E-state index in [0.29, 0.717) is 5.11 Å². The zero-order valence-electron chi connectivity index (χ0n) is 7.16. The first-order chi connectivity index (χ1) is 6.33. The molecule has 0 saturated carbocycles. The molecular formula is C8H12N4S. The van der Waals surface area contributed by atoms with E-state index >= 15 is 0 Å². The molecule has 0 fully saturated rings. The number of nitrogens with one attached hydrogen (secondary N) is 2. The number of hydrogen-bond acceptors (Lipinski definition) is 3. The second-order valence-electron chi connectivity index (χ2n) is 2.51. The van der Waals surface area contributed by atoms with Crippen molar-refractivity contribution >= 4 is 17.3 Å². The maximum absolute atomic E-state index is 5.09. The number of nitrogens with two attached hydrogens (primary N) is 1. The van der Waals surface area contributed by atoms with E-state index in [-0.39, 0.29) is 0 Å². The SMILES string of the molecule is NNC(=S)NCCc1ccncc1. The fourth-order valence-corrected chi connectivity index (χ4v) is 1.02. The maximum Gasteiger partial charge on any atom is 0.180 e. The number of thiocarbonyl (C=S) groups is 1. The molecule has 1 rings (SSSR count). The number of pyridine rings is 1. The summed E-state index contributed by atoms with van der Waals surface area (Å²) in [6, 6.07) is 3.95. The highest BCUT2D eigenvalue weighted by Gasteiger charge is 1.92. The van der Waals surface area contributed by atoms with Crippen LogP contribution in [-0.4, -0.2) is 16.6 Å². The molecule has 1 aromatic heterocycles. The predicted molar refractivity (Wildman–Crippen MR) is 55.9 cm³/mol. The van der Waals surface area contributed by atoms with E-state index < -0.39 is 0 Å². The molecule has 0 amide bonds.